The molecule has 3 aromatic carbocycles. The molecule has 2 N–H and O–H groups in total. The summed E-state index contributed by atoms with van der Waals surface area (Å²) in [7, 11) is 0. The number of alkyl carbamates (subject to hydrolysis) is 1. The molecule has 5 rings (SSSR count). The van der Waals surface area contributed by atoms with Gasteiger partial charge in [-0.3, -0.25) is 9.69 Å². The number of hydrogen-bond acceptors (Lipinski definition) is 8. The van der Waals surface area contributed by atoms with Crippen LogP contribution in [0.3, 0.4) is 0 Å². The molecule has 0 aromatic heterocycles. The first-order chi connectivity index (χ1) is 22.6. The normalized spacial score (nSPS) is 21.6. The largest absolute Gasteiger partial charge is 0.459 e. The molecule has 2 aliphatic rings. The monoisotopic (exact) mass is 642 g/mol. The van der Waals surface area contributed by atoms with Crippen molar-refractivity contribution in [3.63, 3.8) is 0 Å². The predicted octanol–water partition coefficient (Wildman–Crippen LogP) is 6.61. The summed E-state index contributed by atoms with van der Waals surface area (Å²) in [5.41, 5.74) is 5.19. The number of aliphatic hydroxyl groups is 1. The van der Waals surface area contributed by atoms with Crippen molar-refractivity contribution in [3.05, 3.63) is 108 Å². The molecule has 2 saturated heterocycles. The number of benzene rings is 3. The van der Waals surface area contributed by atoms with Crippen LogP contribution in [-0.4, -0.2) is 59.5 Å². The highest BCUT2D eigenvalue weighted by atomic mass is 16.7. The molecule has 2 heterocycles. The molecule has 2 aliphatic heterocycles. The fourth-order valence-electron chi connectivity index (χ4n) is 6.03. The minimum Gasteiger partial charge on any atom is -0.459 e. The van der Waals surface area contributed by atoms with Gasteiger partial charge in [-0.05, 0) is 74.0 Å². The molecule has 9 heteroatoms. The lowest BCUT2D eigenvalue weighted by Gasteiger charge is -2.38. The zero-order valence-electron chi connectivity index (χ0n) is 27.5. The smallest absolute Gasteiger partial charge is 0.407 e. The van der Waals surface area contributed by atoms with Gasteiger partial charge < -0.3 is 29.4 Å². The second-order valence-electron chi connectivity index (χ2n) is 13.1. The zero-order chi connectivity index (χ0) is 33.4. The number of hydrogen-bond donors (Lipinski definition) is 2. The summed E-state index contributed by atoms with van der Waals surface area (Å²) < 4.78 is 23.9. The number of amides is 1. The topological polar surface area (TPSA) is 107 Å². The van der Waals surface area contributed by atoms with Gasteiger partial charge in [0.2, 0.25) is 0 Å². The molecule has 0 radical (unpaired) electrons. The number of carbonyl (C=O) groups is 2. The molecule has 0 saturated carbocycles. The second kappa shape index (κ2) is 15.7. The van der Waals surface area contributed by atoms with E-state index < -0.39 is 18.0 Å². The highest BCUT2D eigenvalue weighted by Crippen LogP contribution is 2.39. The third-order valence-corrected chi connectivity index (χ3v) is 8.31. The van der Waals surface area contributed by atoms with Crippen LogP contribution in [0.2, 0.25) is 0 Å². The average Bonchev–Trinajstić information content (AvgIpc) is 3.54. The number of carbonyl (C=O) groups excluding carboxylic acids is 2. The van der Waals surface area contributed by atoms with E-state index in [9.17, 15) is 14.7 Å². The molecule has 2 fully saturated rings. The van der Waals surface area contributed by atoms with Crippen molar-refractivity contribution < 1.29 is 33.6 Å². The van der Waals surface area contributed by atoms with E-state index in [4.69, 9.17) is 18.9 Å². The fraction of sp³-hybridized carbons (Fsp3) is 0.421. The van der Waals surface area contributed by atoms with E-state index in [0.717, 1.165) is 52.8 Å². The van der Waals surface area contributed by atoms with Gasteiger partial charge in [-0.2, -0.15) is 0 Å². The van der Waals surface area contributed by atoms with Crippen molar-refractivity contribution in [2.24, 2.45) is 0 Å². The standard InChI is InChI=1S/C38H46N2O7/c1-5-20-44-37(43)39-23-27-8-6-9-31(21-27)28-15-17-30(18-16-28)36-45-32(22-34(46-36)29-13-11-26(25-41)12-14-29)24-40-19-7-10-33(40)35(42)47-38(2,3)4/h5-6,8-9,11-18,21,32-34,36,41H,1,7,10,19-20,22-25H2,2-4H3,(H,39,43). The Kier molecular flexibility index (Phi) is 11.5. The fourth-order valence-corrected chi connectivity index (χ4v) is 6.03. The number of esters is 1. The quantitative estimate of drug-likeness (QED) is 0.178. The second-order valence-corrected chi connectivity index (χ2v) is 13.1. The van der Waals surface area contributed by atoms with Crippen LogP contribution in [0, 0.1) is 0 Å². The first-order valence-corrected chi connectivity index (χ1v) is 16.3. The number of nitrogens with zero attached hydrogens (tertiary/aromatic N) is 1. The van der Waals surface area contributed by atoms with Crippen LogP contribution >= 0.6 is 0 Å². The van der Waals surface area contributed by atoms with Gasteiger partial charge >= 0.3 is 12.1 Å². The lowest BCUT2D eigenvalue weighted by molar-refractivity contribution is -0.253. The van der Waals surface area contributed by atoms with Crippen molar-refractivity contribution in [1.82, 2.24) is 10.2 Å². The molecule has 250 valence electrons. The summed E-state index contributed by atoms with van der Waals surface area (Å²) in [6.07, 6.45) is 2.36. The van der Waals surface area contributed by atoms with Crippen LogP contribution in [0.5, 0.6) is 0 Å². The van der Waals surface area contributed by atoms with Crippen molar-refractivity contribution in [1.29, 1.82) is 0 Å². The first kappa shape index (κ1) is 34.3. The van der Waals surface area contributed by atoms with Crippen LogP contribution in [0.1, 0.15) is 74.7 Å². The van der Waals surface area contributed by atoms with E-state index in [-0.39, 0.29) is 37.4 Å². The molecule has 9 nitrogen and oxygen atoms in total. The molecule has 47 heavy (non-hydrogen) atoms. The summed E-state index contributed by atoms with van der Waals surface area (Å²) in [6, 6.07) is 23.6. The van der Waals surface area contributed by atoms with Crippen molar-refractivity contribution >= 4 is 12.1 Å². The number of ether oxygens (including phenoxy) is 4. The Bertz CT molecular complexity index is 1500. The van der Waals surface area contributed by atoms with E-state index in [0.29, 0.717) is 19.5 Å². The molecule has 0 spiro atoms. The number of likely N-dealkylation sites (tertiary alicyclic amines) is 1. The molecular weight excluding hydrogens is 596 g/mol. The van der Waals surface area contributed by atoms with Crippen molar-refractivity contribution in [2.75, 3.05) is 19.7 Å². The van der Waals surface area contributed by atoms with Crippen molar-refractivity contribution in [3.8, 4) is 11.1 Å². The van der Waals surface area contributed by atoms with Gasteiger partial charge in [0.15, 0.2) is 6.29 Å². The van der Waals surface area contributed by atoms with Crippen molar-refractivity contribution in [2.45, 2.75) is 83.3 Å². The number of nitrogens with one attached hydrogen (secondary N) is 1. The lowest BCUT2D eigenvalue weighted by Crippen LogP contribution is -2.45. The van der Waals surface area contributed by atoms with Crippen LogP contribution in [0.25, 0.3) is 11.1 Å². The summed E-state index contributed by atoms with van der Waals surface area (Å²) >= 11 is 0. The van der Waals surface area contributed by atoms with Gasteiger partial charge in [0.25, 0.3) is 0 Å². The summed E-state index contributed by atoms with van der Waals surface area (Å²) in [4.78, 5) is 27.1. The van der Waals surface area contributed by atoms with Crippen LogP contribution in [0.15, 0.2) is 85.5 Å². The van der Waals surface area contributed by atoms with Gasteiger partial charge in [0, 0.05) is 25.1 Å². The van der Waals surface area contributed by atoms with Crippen LogP contribution < -0.4 is 5.32 Å². The lowest BCUT2D eigenvalue weighted by atomic mass is 9.98. The number of rotatable bonds is 11. The summed E-state index contributed by atoms with van der Waals surface area (Å²) in [6.45, 7) is 11.1. The highest BCUT2D eigenvalue weighted by molar-refractivity contribution is 5.76. The first-order valence-electron chi connectivity index (χ1n) is 16.3. The Morgan fingerprint density at radius 2 is 1.74 bits per heavy atom. The van der Waals surface area contributed by atoms with E-state index >= 15 is 0 Å². The highest BCUT2D eigenvalue weighted by Gasteiger charge is 2.38. The minimum atomic E-state index is -0.606. The van der Waals surface area contributed by atoms with Gasteiger partial charge in [0.05, 0.1) is 18.8 Å². The maximum absolute atomic E-state index is 13.0. The Morgan fingerprint density at radius 3 is 2.45 bits per heavy atom. The minimum absolute atomic E-state index is 0.0186. The molecule has 0 bridgehead atoms. The Morgan fingerprint density at radius 1 is 1.00 bits per heavy atom. The maximum atomic E-state index is 13.0. The molecule has 1 amide bonds. The zero-order valence-corrected chi connectivity index (χ0v) is 27.5. The summed E-state index contributed by atoms with van der Waals surface area (Å²) in [5, 5.41) is 12.3. The molecule has 4 atom stereocenters. The van der Waals surface area contributed by atoms with Crippen LogP contribution in [-0.2, 0) is 36.9 Å². The maximum Gasteiger partial charge on any atom is 0.407 e. The van der Waals surface area contributed by atoms with Gasteiger partial charge in [0.1, 0.15) is 18.2 Å². The van der Waals surface area contributed by atoms with E-state index in [2.05, 4.69) is 16.8 Å². The Labute approximate surface area is 277 Å². The molecular formula is C38H46N2O7. The van der Waals surface area contributed by atoms with Gasteiger partial charge in [-0.15, -0.1) is 0 Å². The predicted molar refractivity (Wildman–Crippen MR) is 179 cm³/mol. The van der Waals surface area contributed by atoms with Crippen LogP contribution in [0.4, 0.5) is 4.79 Å². The summed E-state index contributed by atoms with van der Waals surface area (Å²) in [5.74, 6) is -0.183. The third kappa shape index (κ3) is 9.51. The van der Waals surface area contributed by atoms with E-state index in [1.54, 1.807) is 0 Å². The SMILES string of the molecule is C=CCOC(=O)NCc1cccc(-c2ccc(C3OC(CN4CCCC4C(=O)OC(C)(C)C)CC(c4ccc(CO)cc4)O3)cc2)c1. The molecule has 3 aromatic rings. The Hall–Kier alpha value is -4.02. The third-order valence-electron chi connectivity index (χ3n) is 8.31. The van der Waals surface area contributed by atoms with E-state index in [1.165, 1.54) is 6.08 Å². The molecule has 4 unspecified atom stereocenters. The van der Waals surface area contributed by atoms with E-state index in [1.807, 2.05) is 93.6 Å². The van der Waals surface area contributed by atoms with Gasteiger partial charge in [-0.25, -0.2) is 4.79 Å². The number of aliphatic hydroxyl groups excluding tert-OH is 1. The Balaban J connectivity index is 1.31. The average molecular weight is 643 g/mol. The van der Waals surface area contributed by atoms with Gasteiger partial charge in [-0.1, -0.05) is 79.4 Å². The molecule has 0 aliphatic carbocycles.